The Balaban J connectivity index is 2.44. The summed E-state index contributed by atoms with van der Waals surface area (Å²) in [5.74, 6) is -0.206. The molecule has 5 heteroatoms. The summed E-state index contributed by atoms with van der Waals surface area (Å²) in [4.78, 5) is 15.8. The quantitative estimate of drug-likeness (QED) is 0.647. The van der Waals surface area contributed by atoms with Gasteiger partial charge in [0.25, 0.3) is 0 Å². The van der Waals surface area contributed by atoms with Crippen molar-refractivity contribution in [2.45, 2.75) is 32.4 Å². The van der Waals surface area contributed by atoms with Gasteiger partial charge in [0.15, 0.2) is 0 Å². The molecule has 0 aliphatic carbocycles. The molecule has 0 aromatic rings. The summed E-state index contributed by atoms with van der Waals surface area (Å²) in [6, 6.07) is 0.325. The van der Waals surface area contributed by atoms with Gasteiger partial charge in [-0.2, -0.15) is 0 Å². The Bertz CT molecular complexity index is 226. The van der Waals surface area contributed by atoms with E-state index in [1.807, 2.05) is 6.92 Å². The fourth-order valence-electron chi connectivity index (χ4n) is 2.28. The third-order valence-electron chi connectivity index (χ3n) is 3.47. The minimum atomic E-state index is -0.206. The molecule has 0 bridgehead atoms. The zero-order chi connectivity index (χ0) is 12.1. The Morgan fingerprint density at radius 2 is 1.75 bits per heavy atom. The van der Waals surface area contributed by atoms with Crippen LogP contribution in [-0.4, -0.2) is 60.5 Å². The van der Waals surface area contributed by atoms with E-state index in [9.17, 15) is 4.79 Å². The SMILES string of the molecule is CCC(C(N)=O)N1CCN(C(C)CN)CC1. The number of carbonyl (C=O) groups is 1. The number of hydrogen-bond acceptors (Lipinski definition) is 4. The molecule has 0 aromatic carbocycles. The second-order valence-electron chi connectivity index (χ2n) is 4.48. The average Bonchev–Trinajstić information content (AvgIpc) is 2.29. The van der Waals surface area contributed by atoms with Gasteiger partial charge in [-0.05, 0) is 13.3 Å². The first-order valence-corrected chi connectivity index (χ1v) is 6.07. The monoisotopic (exact) mass is 228 g/mol. The van der Waals surface area contributed by atoms with Gasteiger partial charge in [0.1, 0.15) is 0 Å². The molecular weight excluding hydrogens is 204 g/mol. The zero-order valence-electron chi connectivity index (χ0n) is 10.4. The van der Waals surface area contributed by atoms with Gasteiger partial charge in [-0.15, -0.1) is 0 Å². The fourth-order valence-corrected chi connectivity index (χ4v) is 2.28. The van der Waals surface area contributed by atoms with Crippen molar-refractivity contribution in [3.8, 4) is 0 Å². The summed E-state index contributed by atoms with van der Waals surface area (Å²) in [6.45, 7) is 8.60. The van der Waals surface area contributed by atoms with E-state index in [-0.39, 0.29) is 11.9 Å². The second kappa shape index (κ2) is 6.18. The summed E-state index contributed by atoms with van der Waals surface area (Å²) in [6.07, 6.45) is 0.793. The standard InChI is InChI=1S/C11H24N4O/c1-3-10(11(13)16)15-6-4-14(5-7-15)9(2)8-12/h9-10H,3-8,12H2,1-2H3,(H2,13,16). The van der Waals surface area contributed by atoms with Crippen LogP contribution in [0.3, 0.4) is 0 Å². The minimum absolute atomic E-state index is 0.102. The van der Waals surface area contributed by atoms with Crippen LogP contribution in [0.1, 0.15) is 20.3 Å². The number of carbonyl (C=O) groups excluding carboxylic acids is 1. The summed E-state index contributed by atoms with van der Waals surface area (Å²) < 4.78 is 0. The maximum Gasteiger partial charge on any atom is 0.234 e. The predicted octanol–water partition coefficient (Wildman–Crippen LogP) is -0.785. The molecule has 1 saturated heterocycles. The molecule has 2 unspecified atom stereocenters. The van der Waals surface area contributed by atoms with Crippen molar-refractivity contribution in [1.29, 1.82) is 0 Å². The minimum Gasteiger partial charge on any atom is -0.368 e. The van der Waals surface area contributed by atoms with Crippen LogP contribution in [0, 0.1) is 0 Å². The first-order chi connectivity index (χ1) is 7.60. The summed E-state index contributed by atoms with van der Waals surface area (Å²) in [7, 11) is 0. The lowest BCUT2D eigenvalue weighted by Gasteiger charge is -2.40. The molecule has 1 fully saturated rings. The van der Waals surface area contributed by atoms with Crippen LogP contribution in [0.15, 0.2) is 0 Å². The van der Waals surface area contributed by atoms with E-state index in [0.29, 0.717) is 12.6 Å². The molecular formula is C11H24N4O. The lowest BCUT2D eigenvalue weighted by molar-refractivity contribution is -0.124. The Morgan fingerprint density at radius 3 is 2.12 bits per heavy atom. The molecule has 2 atom stereocenters. The van der Waals surface area contributed by atoms with E-state index in [2.05, 4.69) is 16.7 Å². The number of amides is 1. The number of piperazine rings is 1. The Labute approximate surface area is 97.7 Å². The Hall–Kier alpha value is -0.650. The zero-order valence-corrected chi connectivity index (χ0v) is 10.4. The van der Waals surface area contributed by atoms with E-state index >= 15 is 0 Å². The van der Waals surface area contributed by atoms with Crippen LogP contribution >= 0.6 is 0 Å². The average molecular weight is 228 g/mol. The maximum atomic E-state index is 11.2. The molecule has 0 spiro atoms. The van der Waals surface area contributed by atoms with Gasteiger partial charge in [0.05, 0.1) is 6.04 Å². The van der Waals surface area contributed by atoms with Crippen LogP contribution in [-0.2, 0) is 4.79 Å². The van der Waals surface area contributed by atoms with Crippen molar-refractivity contribution >= 4 is 5.91 Å². The lowest BCUT2D eigenvalue weighted by atomic mass is 10.1. The molecule has 0 saturated carbocycles. The van der Waals surface area contributed by atoms with Crippen LogP contribution in [0.5, 0.6) is 0 Å². The highest BCUT2D eigenvalue weighted by molar-refractivity contribution is 5.79. The van der Waals surface area contributed by atoms with E-state index in [4.69, 9.17) is 11.5 Å². The van der Waals surface area contributed by atoms with Crippen LogP contribution in [0.2, 0.25) is 0 Å². The highest BCUT2D eigenvalue weighted by atomic mass is 16.1. The van der Waals surface area contributed by atoms with Gasteiger partial charge >= 0.3 is 0 Å². The Morgan fingerprint density at radius 1 is 1.25 bits per heavy atom. The number of rotatable bonds is 5. The van der Waals surface area contributed by atoms with Crippen LogP contribution in [0.4, 0.5) is 0 Å². The van der Waals surface area contributed by atoms with Crippen LogP contribution < -0.4 is 11.5 Å². The van der Waals surface area contributed by atoms with Gasteiger partial charge in [-0.1, -0.05) is 6.92 Å². The summed E-state index contributed by atoms with van der Waals surface area (Å²) in [5, 5.41) is 0. The highest BCUT2D eigenvalue weighted by Gasteiger charge is 2.27. The van der Waals surface area contributed by atoms with Gasteiger partial charge in [0, 0.05) is 38.8 Å². The largest absolute Gasteiger partial charge is 0.368 e. The van der Waals surface area contributed by atoms with Crippen molar-refractivity contribution in [3.63, 3.8) is 0 Å². The van der Waals surface area contributed by atoms with Crippen molar-refractivity contribution in [2.24, 2.45) is 11.5 Å². The fraction of sp³-hybridized carbons (Fsp3) is 0.909. The number of nitrogens with zero attached hydrogens (tertiary/aromatic N) is 2. The van der Waals surface area contributed by atoms with Gasteiger partial charge in [-0.25, -0.2) is 0 Å². The third-order valence-corrected chi connectivity index (χ3v) is 3.47. The molecule has 1 aliphatic rings. The number of nitrogens with two attached hydrogens (primary N) is 2. The first kappa shape index (κ1) is 13.4. The maximum absolute atomic E-state index is 11.2. The smallest absolute Gasteiger partial charge is 0.234 e. The second-order valence-corrected chi connectivity index (χ2v) is 4.48. The van der Waals surface area contributed by atoms with Gasteiger partial charge in [0.2, 0.25) is 5.91 Å². The molecule has 1 aliphatic heterocycles. The number of primary amides is 1. The molecule has 1 heterocycles. The van der Waals surface area contributed by atoms with Gasteiger partial charge < -0.3 is 11.5 Å². The first-order valence-electron chi connectivity index (χ1n) is 6.07. The van der Waals surface area contributed by atoms with Crippen molar-refractivity contribution in [2.75, 3.05) is 32.7 Å². The molecule has 4 N–H and O–H groups in total. The molecule has 16 heavy (non-hydrogen) atoms. The molecule has 94 valence electrons. The van der Waals surface area contributed by atoms with E-state index in [1.165, 1.54) is 0 Å². The summed E-state index contributed by atoms with van der Waals surface area (Å²) in [5.41, 5.74) is 11.0. The van der Waals surface area contributed by atoms with Crippen LogP contribution in [0.25, 0.3) is 0 Å². The molecule has 1 rings (SSSR count). The van der Waals surface area contributed by atoms with E-state index in [0.717, 1.165) is 32.6 Å². The topological polar surface area (TPSA) is 75.6 Å². The van der Waals surface area contributed by atoms with E-state index in [1.54, 1.807) is 0 Å². The summed E-state index contributed by atoms with van der Waals surface area (Å²) >= 11 is 0. The van der Waals surface area contributed by atoms with Crippen molar-refractivity contribution in [1.82, 2.24) is 9.80 Å². The highest BCUT2D eigenvalue weighted by Crippen LogP contribution is 2.10. The molecule has 0 aromatic heterocycles. The van der Waals surface area contributed by atoms with Gasteiger partial charge in [-0.3, -0.25) is 14.6 Å². The normalized spacial score (nSPS) is 22.9. The third kappa shape index (κ3) is 3.17. The van der Waals surface area contributed by atoms with Crippen molar-refractivity contribution in [3.05, 3.63) is 0 Å². The Kier molecular flexibility index (Phi) is 5.18. The molecule has 0 radical (unpaired) electrons. The van der Waals surface area contributed by atoms with E-state index < -0.39 is 0 Å². The number of hydrogen-bond donors (Lipinski definition) is 2. The molecule has 5 nitrogen and oxygen atoms in total. The van der Waals surface area contributed by atoms with Crippen molar-refractivity contribution < 1.29 is 4.79 Å². The molecule has 1 amide bonds. The predicted molar refractivity (Wildman–Crippen MR) is 64.9 cm³/mol. The lowest BCUT2D eigenvalue weighted by Crippen LogP contribution is -2.56.